The number of anilines is 2. The van der Waals surface area contributed by atoms with Crippen molar-refractivity contribution in [3.63, 3.8) is 0 Å². The summed E-state index contributed by atoms with van der Waals surface area (Å²) in [5, 5.41) is 0. The van der Waals surface area contributed by atoms with E-state index >= 15 is 0 Å². The van der Waals surface area contributed by atoms with Gasteiger partial charge in [-0.2, -0.15) is 0 Å². The van der Waals surface area contributed by atoms with Crippen LogP contribution in [-0.2, 0) is 0 Å². The molecule has 0 bridgehead atoms. The molecule has 1 N–H and O–H groups in total. The summed E-state index contributed by atoms with van der Waals surface area (Å²) in [5.74, 6) is 0. The summed E-state index contributed by atoms with van der Waals surface area (Å²) in [7, 11) is 0. The van der Waals surface area contributed by atoms with Crippen LogP contribution in [0.3, 0.4) is 0 Å². The fraction of sp³-hybridized carbons (Fsp3) is 0.400. The van der Waals surface area contributed by atoms with Gasteiger partial charge < -0.3 is 4.90 Å². The maximum Gasteiger partial charge on any atom is 0.0563 e. The van der Waals surface area contributed by atoms with Crippen molar-refractivity contribution in [1.29, 1.82) is 0 Å². The van der Waals surface area contributed by atoms with Crippen LogP contribution in [0.2, 0.25) is 0 Å². The van der Waals surface area contributed by atoms with E-state index in [4.69, 9.17) is 0 Å². The van der Waals surface area contributed by atoms with Crippen molar-refractivity contribution in [2.75, 3.05) is 11.4 Å². The molecule has 0 aliphatic carbocycles. The fourth-order valence-corrected chi connectivity index (χ4v) is 4.84. The Hall–Kier alpha value is -0.970. The molecule has 128 valence electrons. The Morgan fingerprint density at radius 2 is 1.96 bits per heavy atom. The molecule has 0 spiro atoms. The van der Waals surface area contributed by atoms with Gasteiger partial charge in [-0.05, 0) is 55.1 Å². The first kappa shape index (κ1) is 17.8. The molecule has 0 saturated heterocycles. The topological polar surface area (TPSA) is 15.3 Å². The van der Waals surface area contributed by atoms with Crippen LogP contribution in [0, 0.1) is 0 Å². The van der Waals surface area contributed by atoms with Gasteiger partial charge in [0.15, 0.2) is 0 Å². The van der Waals surface area contributed by atoms with Gasteiger partial charge in [0.25, 0.3) is 0 Å². The van der Waals surface area contributed by atoms with E-state index in [9.17, 15) is 0 Å². The van der Waals surface area contributed by atoms with Crippen molar-refractivity contribution in [3.05, 3.63) is 53.0 Å². The zero-order valence-corrected chi connectivity index (χ0v) is 16.8. The molecule has 0 fully saturated rings. The predicted molar refractivity (Wildman–Crippen MR) is 109 cm³/mol. The minimum Gasteiger partial charge on any atom is -0.339 e. The van der Waals surface area contributed by atoms with E-state index < -0.39 is 0 Å². The summed E-state index contributed by atoms with van der Waals surface area (Å²) >= 11 is 5.40. The van der Waals surface area contributed by atoms with Crippen LogP contribution in [0.15, 0.2) is 57.9 Å². The molecule has 2 aromatic carbocycles. The molecule has 1 aliphatic rings. The third-order valence-electron chi connectivity index (χ3n) is 4.80. The summed E-state index contributed by atoms with van der Waals surface area (Å²) in [6, 6.07) is 17.3. The number of nitrogens with one attached hydrogen (secondary N) is 1. The monoisotopic (exact) mass is 404 g/mol. The molecule has 1 heterocycles. The number of halogens is 1. The van der Waals surface area contributed by atoms with E-state index in [1.54, 1.807) is 11.9 Å². The first-order valence-electron chi connectivity index (χ1n) is 8.73. The van der Waals surface area contributed by atoms with Crippen LogP contribution < -0.4 is 9.62 Å². The number of unbranched alkanes of at least 4 members (excludes halogenated alkanes) is 1. The molecule has 1 atom stereocenters. The number of benzene rings is 2. The van der Waals surface area contributed by atoms with Crippen molar-refractivity contribution in [1.82, 2.24) is 4.72 Å². The van der Waals surface area contributed by atoms with Crippen molar-refractivity contribution >= 4 is 39.3 Å². The molecule has 3 rings (SSSR count). The highest BCUT2D eigenvalue weighted by molar-refractivity contribution is 9.10. The molecular weight excluding hydrogens is 380 g/mol. The summed E-state index contributed by atoms with van der Waals surface area (Å²) in [6.45, 7) is 5.57. The van der Waals surface area contributed by atoms with Gasteiger partial charge in [0.1, 0.15) is 0 Å². The molecule has 4 heteroatoms. The van der Waals surface area contributed by atoms with Gasteiger partial charge in [0, 0.05) is 27.1 Å². The largest absolute Gasteiger partial charge is 0.339 e. The Morgan fingerprint density at radius 3 is 2.67 bits per heavy atom. The normalized spacial score (nSPS) is 20.5. The van der Waals surface area contributed by atoms with E-state index in [1.165, 1.54) is 35.5 Å². The molecule has 0 amide bonds. The molecule has 0 saturated carbocycles. The Kier molecular flexibility index (Phi) is 5.90. The van der Waals surface area contributed by atoms with Crippen molar-refractivity contribution in [2.24, 2.45) is 0 Å². The van der Waals surface area contributed by atoms with Crippen molar-refractivity contribution in [2.45, 2.75) is 50.0 Å². The van der Waals surface area contributed by atoms with Gasteiger partial charge in [-0.1, -0.05) is 60.8 Å². The van der Waals surface area contributed by atoms with Gasteiger partial charge in [0.05, 0.1) is 5.69 Å². The van der Waals surface area contributed by atoms with Gasteiger partial charge in [0.2, 0.25) is 0 Å². The molecule has 24 heavy (non-hydrogen) atoms. The average Bonchev–Trinajstić information content (AvgIpc) is 2.78. The predicted octanol–water partition coefficient (Wildman–Crippen LogP) is 6.54. The summed E-state index contributed by atoms with van der Waals surface area (Å²) in [6.07, 6.45) is 4.81. The Bertz CT molecular complexity index is 677. The van der Waals surface area contributed by atoms with Crippen molar-refractivity contribution in [3.8, 4) is 0 Å². The first-order valence-corrected chi connectivity index (χ1v) is 10.3. The van der Waals surface area contributed by atoms with Crippen LogP contribution in [0.1, 0.15) is 39.5 Å². The average molecular weight is 405 g/mol. The van der Waals surface area contributed by atoms with Gasteiger partial charge in [-0.3, -0.25) is 4.72 Å². The van der Waals surface area contributed by atoms with Crippen LogP contribution in [0.5, 0.6) is 0 Å². The van der Waals surface area contributed by atoms with E-state index in [2.05, 4.69) is 87.9 Å². The Labute approximate surface area is 158 Å². The number of hydrogen-bond donors (Lipinski definition) is 1. The van der Waals surface area contributed by atoms with Gasteiger partial charge in [-0.25, -0.2) is 0 Å². The molecule has 1 aliphatic heterocycles. The minimum absolute atomic E-state index is 0.127. The lowest BCUT2D eigenvalue weighted by atomic mass is 9.90. The highest BCUT2D eigenvalue weighted by Gasteiger charge is 2.34. The maximum absolute atomic E-state index is 3.82. The third kappa shape index (κ3) is 3.81. The second kappa shape index (κ2) is 7.94. The van der Waals surface area contributed by atoms with E-state index in [-0.39, 0.29) is 5.54 Å². The summed E-state index contributed by atoms with van der Waals surface area (Å²) in [4.78, 5) is 3.76. The Balaban J connectivity index is 2.04. The number of rotatable bonds is 5. The molecule has 2 aromatic rings. The number of para-hydroxylation sites is 1. The van der Waals surface area contributed by atoms with E-state index in [0.29, 0.717) is 0 Å². The molecule has 2 nitrogen and oxygen atoms in total. The lowest BCUT2D eigenvalue weighted by molar-refractivity contribution is 0.351. The van der Waals surface area contributed by atoms with Gasteiger partial charge >= 0.3 is 0 Å². The quantitative estimate of drug-likeness (QED) is 0.569. The summed E-state index contributed by atoms with van der Waals surface area (Å²) < 4.78 is 4.94. The lowest BCUT2D eigenvalue weighted by Crippen LogP contribution is -2.48. The molecular formula is C20H25BrN2S. The standard InChI is InChI=1S/C20H25BrN2S/c1-3-5-13-20(4-2)15-23(17-9-7-6-8-10-17)18-12-11-16(21)14-19(18)24-22-20/h6-12,14,22H,3-5,13,15H2,1-2H3. The van der Waals surface area contributed by atoms with Crippen LogP contribution in [0.4, 0.5) is 11.4 Å². The van der Waals surface area contributed by atoms with Crippen LogP contribution in [0.25, 0.3) is 0 Å². The second-order valence-corrected chi connectivity index (χ2v) is 8.24. The van der Waals surface area contributed by atoms with Gasteiger partial charge in [-0.15, -0.1) is 0 Å². The summed E-state index contributed by atoms with van der Waals surface area (Å²) in [5.41, 5.74) is 2.68. The molecule has 0 aromatic heterocycles. The van der Waals surface area contributed by atoms with E-state index in [0.717, 1.165) is 17.4 Å². The van der Waals surface area contributed by atoms with Crippen LogP contribution in [-0.4, -0.2) is 12.1 Å². The molecule has 0 radical (unpaired) electrons. The van der Waals surface area contributed by atoms with E-state index in [1.807, 2.05) is 0 Å². The number of nitrogens with zero attached hydrogens (tertiary/aromatic N) is 1. The third-order valence-corrected chi connectivity index (χ3v) is 6.38. The smallest absolute Gasteiger partial charge is 0.0563 e. The fourth-order valence-electron chi connectivity index (χ4n) is 3.22. The maximum atomic E-state index is 3.82. The lowest BCUT2D eigenvalue weighted by Gasteiger charge is -2.37. The first-order chi connectivity index (χ1) is 11.7. The zero-order valence-electron chi connectivity index (χ0n) is 14.4. The highest BCUT2D eigenvalue weighted by Crippen LogP contribution is 2.41. The Morgan fingerprint density at radius 1 is 1.17 bits per heavy atom. The highest BCUT2D eigenvalue weighted by atomic mass is 79.9. The zero-order chi connectivity index (χ0) is 17.0. The minimum atomic E-state index is 0.127. The SMILES string of the molecule is CCCCC1(CC)CN(c2ccccc2)c2ccc(Br)cc2SN1. The number of fused-ring (bicyclic) bond motifs is 1. The molecule has 1 unspecified atom stereocenters. The van der Waals surface area contributed by atoms with Crippen LogP contribution >= 0.6 is 27.9 Å². The number of hydrogen-bond acceptors (Lipinski definition) is 3. The second-order valence-electron chi connectivity index (χ2n) is 6.48. The van der Waals surface area contributed by atoms with Crippen molar-refractivity contribution < 1.29 is 0 Å².